The van der Waals surface area contributed by atoms with Crippen LogP contribution in [0.25, 0.3) is 0 Å². The monoisotopic (exact) mass is 359 g/mol. The second kappa shape index (κ2) is 7.29. The molecule has 0 bridgehead atoms. The summed E-state index contributed by atoms with van der Waals surface area (Å²) < 4.78 is 6.61. The Hall–Kier alpha value is -0.550. The molecule has 0 aliphatic heterocycles. The second-order valence-corrected chi connectivity index (χ2v) is 6.45. The molecule has 1 N–H and O–H groups in total. The van der Waals surface area contributed by atoms with Crippen LogP contribution >= 0.6 is 38.9 Å². The summed E-state index contributed by atoms with van der Waals surface area (Å²) in [6.07, 6.45) is 0. The van der Waals surface area contributed by atoms with Crippen molar-refractivity contribution in [1.29, 1.82) is 0 Å². The zero-order chi connectivity index (χ0) is 13.7. The first-order valence-electron chi connectivity index (χ1n) is 5.98. The Kier molecular flexibility index (Phi) is 5.70. The molecular formula is C14H15BrClNOS. The minimum Gasteiger partial charge on any atom is -0.491 e. The van der Waals surface area contributed by atoms with Crippen LogP contribution in [-0.4, -0.2) is 13.2 Å². The van der Waals surface area contributed by atoms with Gasteiger partial charge >= 0.3 is 0 Å². The number of benzene rings is 1. The number of thiophene rings is 1. The average molecular weight is 361 g/mol. The van der Waals surface area contributed by atoms with Crippen molar-refractivity contribution in [3.63, 3.8) is 0 Å². The average Bonchev–Trinajstić information content (AvgIpc) is 2.79. The lowest BCUT2D eigenvalue weighted by molar-refractivity contribution is 0.314. The van der Waals surface area contributed by atoms with Gasteiger partial charge in [0.2, 0.25) is 0 Å². The molecule has 2 aromatic rings. The van der Waals surface area contributed by atoms with E-state index in [9.17, 15) is 0 Å². The number of ether oxygens (including phenoxy) is 1. The summed E-state index contributed by atoms with van der Waals surface area (Å²) in [5.74, 6) is 0.713. The Labute approximate surface area is 130 Å². The van der Waals surface area contributed by atoms with Gasteiger partial charge in [-0.1, -0.05) is 27.5 Å². The van der Waals surface area contributed by atoms with Crippen LogP contribution in [0.15, 0.2) is 34.1 Å². The second-order valence-electron chi connectivity index (χ2n) is 4.13. The smallest absolute Gasteiger partial charge is 0.139 e. The fourth-order valence-electron chi connectivity index (χ4n) is 1.61. The Balaban J connectivity index is 1.72. The molecule has 0 unspecified atom stereocenters. The van der Waals surface area contributed by atoms with E-state index >= 15 is 0 Å². The van der Waals surface area contributed by atoms with Gasteiger partial charge in [0.1, 0.15) is 12.4 Å². The van der Waals surface area contributed by atoms with Gasteiger partial charge in [-0.15, -0.1) is 11.3 Å². The minimum atomic E-state index is 0.598. The van der Waals surface area contributed by atoms with Crippen LogP contribution < -0.4 is 10.1 Å². The van der Waals surface area contributed by atoms with Crippen molar-refractivity contribution in [2.45, 2.75) is 13.5 Å². The predicted octanol–water partition coefficient (Wildman–Crippen LogP) is 4.64. The maximum absolute atomic E-state index is 6.05. The summed E-state index contributed by atoms with van der Waals surface area (Å²) in [7, 11) is 0. The van der Waals surface area contributed by atoms with E-state index in [-0.39, 0.29) is 0 Å². The van der Waals surface area contributed by atoms with Gasteiger partial charge in [-0.25, -0.2) is 0 Å². The van der Waals surface area contributed by atoms with Crippen LogP contribution in [-0.2, 0) is 6.54 Å². The minimum absolute atomic E-state index is 0.598. The summed E-state index contributed by atoms with van der Waals surface area (Å²) in [6, 6.07) is 7.74. The first-order valence-corrected chi connectivity index (χ1v) is 8.03. The molecule has 0 saturated heterocycles. The SMILES string of the molecule is Cc1ccsc1CNCCOc1cc(Br)ccc1Cl. The van der Waals surface area contributed by atoms with Gasteiger partial charge in [0.25, 0.3) is 0 Å². The van der Waals surface area contributed by atoms with Crippen molar-refractivity contribution in [2.24, 2.45) is 0 Å². The maximum atomic E-state index is 6.05. The van der Waals surface area contributed by atoms with E-state index < -0.39 is 0 Å². The summed E-state index contributed by atoms with van der Waals surface area (Å²) in [5, 5.41) is 6.12. The first-order chi connectivity index (χ1) is 9.16. The van der Waals surface area contributed by atoms with Gasteiger partial charge in [0.15, 0.2) is 0 Å². The fourth-order valence-corrected chi connectivity index (χ4v) is 3.00. The maximum Gasteiger partial charge on any atom is 0.139 e. The van der Waals surface area contributed by atoms with Gasteiger partial charge in [0, 0.05) is 22.4 Å². The lowest BCUT2D eigenvalue weighted by Crippen LogP contribution is -2.20. The van der Waals surface area contributed by atoms with Crippen molar-refractivity contribution in [3.8, 4) is 5.75 Å². The molecule has 0 saturated carbocycles. The van der Waals surface area contributed by atoms with Gasteiger partial charge in [-0.3, -0.25) is 0 Å². The normalized spacial score (nSPS) is 10.7. The highest BCUT2D eigenvalue weighted by Gasteiger charge is 2.02. The quantitative estimate of drug-likeness (QED) is 0.758. The van der Waals surface area contributed by atoms with E-state index in [1.807, 2.05) is 18.2 Å². The number of hydrogen-bond acceptors (Lipinski definition) is 3. The summed E-state index contributed by atoms with van der Waals surface area (Å²) in [4.78, 5) is 1.38. The first kappa shape index (κ1) is 14.9. The van der Waals surface area contributed by atoms with Crippen LogP contribution in [0.3, 0.4) is 0 Å². The summed E-state index contributed by atoms with van der Waals surface area (Å²) in [5.41, 5.74) is 1.34. The number of aryl methyl sites for hydroxylation is 1. The molecule has 1 aromatic heterocycles. The zero-order valence-corrected chi connectivity index (χ0v) is 13.7. The van der Waals surface area contributed by atoms with Crippen molar-refractivity contribution >= 4 is 38.9 Å². The third-order valence-corrected chi connectivity index (χ3v) is 4.51. The molecule has 0 aliphatic rings. The van der Waals surface area contributed by atoms with E-state index in [2.05, 4.69) is 39.6 Å². The zero-order valence-electron chi connectivity index (χ0n) is 10.6. The van der Waals surface area contributed by atoms with E-state index in [1.54, 1.807) is 11.3 Å². The molecule has 0 amide bonds. The largest absolute Gasteiger partial charge is 0.491 e. The van der Waals surface area contributed by atoms with Crippen LogP contribution in [0.2, 0.25) is 5.02 Å². The number of halogens is 2. The topological polar surface area (TPSA) is 21.3 Å². The highest BCUT2D eigenvalue weighted by molar-refractivity contribution is 9.10. The Morgan fingerprint density at radius 3 is 2.95 bits per heavy atom. The molecule has 0 spiro atoms. The number of hydrogen-bond donors (Lipinski definition) is 1. The van der Waals surface area contributed by atoms with Crippen LogP contribution in [0, 0.1) is 6.92 Å². The van der Waals surface area contributed by atoms with Crippen molar-refractivity contribution in [1.82, 2.24) is 5.32 Å². The Bertz CT molecular complexity index is 544. The predicted molar refractivity (Wildman–Crippen MR) is 85.4 cm³/mol. The Morgan fingerprint density at radius 1 is 1.37 bits per heavy atom. The molecule has 0 aliphatic carbocycles. The van der Waals surface area contributed by atoms with E-state index in [4.69, 9.17) is 16.3 Å². The number of nitrogens with one attached hydrogen (secondary N) is 1. The Morgan fingerprint density at radius 2 is 2.21 bits per heavy atom. The highest BCUT2D eigenvalue weighted by Crippen LogP contribution is 2.27. The van der Waals surface area contributed by atoms with Crippen molar-refractivity contribution in [3.05, 3.63) is 49.6 Å². The summed E-state index contributed by atoms with van der Waals surface area (Å²) in [6.45, 7) is 4.41. The third-order valence-electron chi connectivity index (χ3n) is 2.68. The molecule has 19 heavy (non-hydrogen) atoms. The standard InChI is InChI=1S/C14H15BrClNOS/c1-10-4-7-19-14(10)9-17-5-6-18-13-8-11(15)2-3-12(13)16/h2-4,7-8,17H,5-6,9H2,1H3. The molecule has 1 aromatic carbocycles. The van der Waals surface area contributed by atoms with Crippen LogP contribution in [0.4, 0.5) is 0 Å². The molecule has 2 rings (SSSR count). The lowest BCUT2D eigenvalue weighted by atomic mass is 10.3. The lowest BCUT2D eigenvalue weighted by Gasteiger charge is -2.09. The van der Waals surface area contributed by atoms with Crippen molar-refractivity contribution in [2.75, 3.05) is 13.2 Å². The van der Waals surface area contributed by atoms with E-state index in [1.165, 1.54) is 10.4 Å². The van der Waals surface area contributed by atoms with Gasteiger partial charge < -0.3 is 10.1 Å². The molecule has 102 valence electrons. The summed E-state index contributed by atoms with van der Waals surface area (Å²) >= 11 is 11.2. The molecule has 1 heterocycles. The molecule has 2 nitrogen and oxygen atoms in total. The van der Waals surface area contributed by atoms with Crippen molar-refractivity contribution < 1.29 is 4.74 Å². The van der Waals surface area contributed by atoms with Crippen LogP contribution in [0.1, 0.15) is 10.4 Å². The highest BCUT2D eigenvalue weighted by atomic mass is 79.9. The van der Waals surface area contributed by atoms with Crippen LogP contribution in [0.5, 0.6) is 5.75 Å². The van der Waals surface area contributed by atoms with E-state index in [0.29, 0.717) is 17.4 Å². The van der Waals surface area contributed by atoms with E-state index in [0.717, 1.165) is 17.6 Å². The molecule has 0 atom stereocenters. The number of rotatable bonds is 6. The van der Waals surface area contributed by atoms with Gasteiger partial charge in [-0.2, -0.15) is 0 Å². The third kappa shape index (κ3) is 4.49. The van der Waals surface area contributed by atoms with Gasteiger partial charge in [0.05, 0.1) is 5.02 Å². The molecular weight excluding hydrogens is 346 g/mol. The fraction of sp³-hybridized carbons (Fsp3) is 0.286. The molecule has 5 heteroatoms. The molecule has 0 radical (unpaired) electrons. The molecule has 0 fully saturated rings. The van der Waals surface area contributed by atoms with Gasteiger partial charge in [-0.05, 0) is 42.1 Å².